The third-order valence-electron chi connectivity index (χ3n) is 3.65. The fourth-order valence-corrected chi connectivity index (χ4v) is 2.43. The first-order valence-electron chi connectivity index (χ1n) is 7.65. The van der Waals surface area contributed by atoms with E-state index in [0.29, 0.717) is 0 Å². The van der Waals surface area contributed by atoms with Crippen LogP contribution in [0.4, 0.5) is 0 Å². The van der Waals surface area contributed by atoms with E-state index in [0.717, 1.165) is 44.0 Å². The van der Waals surface area contributed by atoms with Gasteiger partial charge in [0.25, 0.3) is 0 Å². The molecule has 1 N–H and O–H groups in total. The summed E-state index contributed by atoms with van der Waals surface area (Å²) < 4.78 is 7.54. The Balaban J connectivity index is 2.20. The van der Waals surface area contributed by atoms with Crippen LogP contribution in [0.25, 0.3) is 0 Å². The Morgan fingerprint density at radius 1 is 1.24 bits per heavy atom. The highest BCUT2D eigenvalue weighted by Gasteiger charge is 2.09. The molecule has 21 heavy (non-hydrogen) atoms. The topological polar surface area (TPSA) is 39.1 Å². The van der Waals surface area contributed by atoms with Crippen molar-refractivity contribution in [2.24, 2.45) is 0 Å². The van der Waals surface area contributed by atoms with Gasteiger partial charge in [0.05, 0.1) is 7.11 Å². The number of methoxy groups -OCH3 is 1. The molecule has 2 aromatic rings. The Bertz CT molecular complexity index is 563. The Morgan fingerprint density at radius 3 is 2.81 bits per heavy atom. The van der Waals surface area contributed by atoms with E-state index in [1.807, 2.05) is 18.5 Å². The molecular weight excluding hydrogens is 262 g/mol. The van der Waals surface area contributed by atoms with Crippen LogP contribution in [0.2, 0.25) is 0 Å². The lowest BCUT2D eigenvalue weighted by atomic mass is 10.0. The van der Waals surface area contributed by atoms with Gasteiger partial charge in [-0.3, -0.25) is 0 Å². The van der Waals surface area contributed by atoms with Gasteiger partial charge in [0.2, 0.25) is 0 Å². The first-order chi connectivity index (χ1) is 10.3. The zero-order valence-electron chi connectivity index (χ0n) is 13.2. The lowest BCUT2D eigenvalue weighted by Gasteiger charge is -2.13. The lowest BCUT2D eigenvalue weighted by Crippen LogP contribution is -2.15. The van der Waals surface area contributed by atoms with Gasteiger partial charge in [-0.1, -0.05) is 13.0 Å². The minimum absolute atomic E-state index is 0.855. The van der Waals surface area contributed by atoms with E-state index in [2.05, 4.69) is 40.8 Å². The van der Waals surface area contributed by atoms with Crippen LogP contribution in [0, 0.1) is 0 Å². The van der Waals surface area contributed by atoms with Gasteiger partial charge in [0.1, 0.15) is 11.6 Å². The number of aryl methyl sites for hydroxylation is 1. The van der Waals surface area contributed by atoms with Crippen molar-refractivity contribution in [3.8, 4) is 5.75 Å². The van der Waals surface area contributed by atoms with E-state index in [-0.39, 0.29) is 0 Å². The number of hydrogen-bond acceptors (Lipinski definition) is 3. The second-order valence-electron chi connectivity index (χ2n) is 5.12. The quantitative estimate of drug-likeness (QED) is 0.759. The van der Waals surface area contributed by atoms with Crippen LogP contribution in [-0.2, 0) is 19.5 Å². The van der Waals surface area contributed by atoms with Gasteiger partial charge in [-0.25, -0.2) is 4.98 Å². The van der Waals surface area contributed by atoms with Crippen molar-refractivity contribution < 1.29 is 4.74 Å². The summed E-state index contributed by atoms with van der Waals surface area (Å²) in [5.74, 6) is 2.02. The molecule has 4 heteroatoms. The fraction of sp³-hybridized carbons (Fsp3) is 0.471. The maximum absolute atomic E-state index is 5.35. The van der Waals surface area contributed by atoms with Gasteiger partial charge < -0.3 is 14.6 Å². The first-order valence-corrected chi connectivity index (χ1v) is 7.65. The predicted molar refractivity (Wildman–Crippen MR) is 85.7 cm³/mol. The molecule has 1 aromatic heterocycles. The molecule has 114 valence electrons. The zero-order valence-corrected chi connectivity index (χ0v) is 13.2. The smallest absolute Gasteiger partial charge is 0.119 e. The number of benzene rings is 1. The van der Waals surface area contributed by atoms with E-state index in [4.69, 9.17) is 4.74 Å². The summed E-state index contributed by atoms with van der Waals surface area (Å²) in [6, 6.07) is 6.30. The molecule has 0 saturated heterocycles. The Kier molecular flexibility index (Phi) is 5.81. The number of hydrogen-bond donors (Lipinski definition) is 1. The van der Waals surface area contributed by atoms with Gasteiger partial charge in [0, 0.05) is 31.9 Å². The van der Waals surface area contributed by atoms with E-state index in [1.54, 1.807) is 7.11 Å². The van der Waals surface area contributed by atoms with Crippen LogP contribution in [0.5, 0.6) is 5.75 Å². The molecule has 1 aromatic carbocycles. The number of nitrogens with one attached hydrogen (secondary N) is 1. The van der Waals surface area contributed by atoms with Crippen molar-refractivity contribution in [1.82, 2.24) is 14.9 Å². The second-order valence-corrected chi connectivity index (χ2v) is 5.12. The van der Waals surface area contributed by atoms with Gasteiger partial charge >= 0.3 is 0 Å². The molecule has 1 heterocycles. The molecule has 4 nitrogen and oxygen atoms in total. The summed E-state index contributed by atoms with van der Waals surface area (Å²) in [5.41, 5.74) is 2.59. The Hall–Kier alpha value is -1.81. The van der Waals surface area contributed by atoms with Crippen molar-refractivity contribution in [3.05, 3.63) is 47.5 Å². The van der Waals surface area contributed by atoms with Gasteiger partial charge in [-0.05, 0) is 43.1 Å². The van der Waals surface area contributed by atoms with Gasteiger partial charge in [-0.15, -0.1) is 0 Å². The fourth-order valence-electron chi connectivity index (χ4n) is 2.43. The average molecular weight is 287 g/mol. The third kappa shape index (κ3) is 4.08. The lowest BCUT2D eigenvalue weighted by molar-refractivity contribution is 0.414. The van der Waals surface area contributed by atoms with E-state index in [1.165, 1.54) is 11.1 Å². The third-order valence-corrected chi connectivity index (χ3v) is 3.65. The van der Waals surface area contributed by atoms with Crippen LogP contribution in [0.3, 0.4) is 0 Å². The normalized spacial score (nSPS) is 10.8. The number of nitrogens with zero attached hydrogens (tertiary/aromatic N) is 2. The Morgan fingerprint density at radius 2 is 2.10 bits per heavy atom. The van der Waals surface area contributed by atoms with Gasteiger partial charge in [-0.2, -0.15) is 0 Å². The average Bonchev–Trinajstić information content (AvgIpc) is 2.96. The van der Waals surface area contributed by atoms with Crippen LogP contribution in [0.15, 0.2) is 30.6 Å². The molecule has 0 bridgehead atoms. The molecule has 0 unspecified atom stereocenters. The van der Waals surface area contributed by atoms with Crippen LogP contribution in [0.1, 0.15) is 37.2 Å². The number of rotatable bonds is 8. The van der Waals surface area contributed by atoms with Gasteiger partial charge in [0.15, 0.2) is 0 Å². The first kappa shape index (κ1) is 15.6. The largest absolute Gasteiger partial charge is 0.497 e. The summed E-state index contributed by atoms with van der Waals surface area (Å²) >= 11 is 0. The summed E-state index contributed by atoms with van der Waals surface area (Å²) in [4.78, 5) is 4.47. The maximum Gasteiger partial charge on any atom is 0.119 e. The predicted octanol–water partition coefficient (Wildman–Crippen LogP) is 3.00. The van der Waals surface area contributed by atoms with Crippen molar-refractivity contribution in [1.29, 1.82) is 0 Å². The van der Waals surface area contributed by atoms with Crippen LogP contribution in [-0.4, -0.2) is 23.2 Å². The highest BCUT2D eigenvalue weighted by atomic mass is 16.5. The molecule has 0 aliphatic heterocycles. The van der Waals surface area contributed by atoms with E-state index < -0.39 is 0 Å². The number of ether oxygens (including phenoxy) is 1. The molecular formula is C17H25N3O. The molecule has 0 atom stereocenters. The Labute approximate surface area is 127 Å². The number of imidazole rings is 1. The summed E-state index contributed by atoms with van der Waals surface area (Å²) in [5, 5.41) is 3.47. The highest BCUT2D eigenvalue weighted by molar-refractivity contribution is 5.37. The molecule has 0 saturated carbocycles. The maximum atomic E-state index is 5.35. The van der Waals surface area contributed by atoms with Crippen molar-refractivity contribution in [3.63, 3.8) is 0 Å². The van der Waals surface area contributed by atoms with Crippen molar-refractivity contribution >= 4 is 0 Å². The monoisotopic (exact) mass is 287 g/mol. The number of aromatic nitrogens is 2. The summed E-state index contributed by atoms with van der Waals surface area (Å²) in [6.45, 7) is 7.17. The molecule has 0 spiro atoms. The van der Waals surface area contributed by atoms with Crippen LogP contribution >= 0.6 is 0 Å². The summed E-state index contributed by atoms with van der Waals surface area (Å²) in [6.07, 6.45) is 5.90. The molecule has 0 amide bonds. The molecule has 0 aliphatic carbocycles. The standard InChI is InChI=1S/C17H25N3O/c1-4-8-18-13-15-11-16(21-3)7-6-14(15)12-17-19-9-10-20(17)5-2/h6-7,9-11,18H,4-5,8,12-13H2,1-3H3. The SMILES string of the molecule is CCCNCc1cc(OC)ccc1Cc1nccn1CC. The summed E-state index contributed by atoms with van der Waals surface area (Å²) in [7, 11) is 1.71. The zero-order chi connectivity index (χ0) is 15.1. The van der Waals surface area contributed by atoms with E-state index >= 15 is 0 Å². The van der Waals surface area contributed by atoms with Crippen molar-refractivity contribution in [2.75, 3.05) is 13.7 Å². The van der Waals surface area contributed by atoms with Crippen LogP contribution < -0.4 is 10.1 Å². The minimum Gasteiger partial charge on any atom is -0.497 e. The molecule has 2 rings (SSSR count). The minimum atomic E-state index is 0.855. The molecule has 0 radical (unpaired) electrons. The highest BCUT2D eigenvalue weighted by Crippen LogP contribution is 2.20. The second kappa shape index (κ2) is 7.84. The molecule has 0 aliphatic rings. The molecule has 0 fully saturated rings. The van der Waals surface area contributed by atoms with Crippen molar-refractivity contribution in [2.45, 2.75) is 39.8 Å². The van der Waals surface area contributed by atoms with E-state index in [9.17, 15) is 0 Å².